The van der Waals surface area contributed by atoms with Gasteiger partial charge in [0.25, 0.3) is 0 Å². The first-order chi connectivity index (χ1) is 8.53. The van der Waals surface area contributed by atoms with Crippen molar-refractivity contribution in [3.8, 4) is 0 Å². The number of benzene rings is 1. The fourth-order valence-electron chi connectivity index (χ4n) is 1.89. The van der Waals surface area contributed by atoms with Crippen molar-refractivity contribution >= 4 is 17.7 Å². The van der Waals surface area contributed by atoms with E-state index in [4.69, 9.17) is 0 Å². The number of amides is 1. The number of carbonyl (C=O) groups is 1. The molecule has 0 saturated carbocycles. The summed E-state index contributed by atoms with van der Waals surface area (Å²) < 4.78 is 0. The summed E-state index contributed by atoms with van der Waals surface area (Å²) in [5.74, 6) is 0.819. The van der Waals surface area contributed by atoms with Gasteiger partial charge in [0.05, 0.1) is 5.92 Å². The largest absolute Gasteiger partial charge is 0.396 e. The van der Waals surface area contributed by atoms with Gasteiger partial charge in [0.2, 0.25) is 5.91 Å². The maximum atomic E-state index is 12.2. The molecule has 4 heteroatoms. The van der Waals surface area contributed by atoms with Crippen LogP contribution in [-0.2, 0) is 4.79 Å². The third-order valence-electron chi connectivity index (χ3n) is 3.19. The van der Waals surface area contributed by atoms with Crippen LogP contribution >= 0.6 is 11.8 Å². The molecule has 0 spiro atoms. The Hall–Kier alpha value is -1.00. The number of aliphatic hydroxyl groups excluding tert-OH is 1. The minimum Gasteiger partial charge on any atom is -0.396 e. The zero-order valence-electron chi connectivity index (χ0n) is 10.8. The van der Waals surface area contributed by atoms with Gasteiger partial charge in [-0.1, -0.05) is 32.0 Å². The van der Waals surface area contributed by atoms with Gasteiger partial charge in [-0.25, -0.2) is 0 Å². The molecule has 2 rings (SSSR count). The predicted molar refractivity (Wildman–Crippen MR) is 73.8 cm³/mol. The van der Waals surface area contributed by atoms with E-state index < -0.39 is 0 Å². The molecule has 1 atom stereocenters. The second-order valence-corrected chi connectivity index (χ2v) is 6.50. The smallest absolute Gasteiger partial charge is 0.228 e. The van der Waals surface area contributed by atoms with E-state index >= 15 is 0 Å². The highest BCUT2D eigenvalue weighted by atomic mass is 32.2. The molecule has 0 aliphatic carbocycles. The highest BCUT2D eigenvalue weighted by molar-refractivity contribution is 7.99. The summed E-state index contributed by atoms with van der Waals surface area (Å²) in [6, 6.07) is 8.06. The van der Waals surface area contributed by atoms with Crippen LogP contribution in [0.25, 0.3) is 0 Å². The molecule has 0 bridgehead atoms. The number of aliphatic hydroxyl groups is 1. The molecule has 1 heterocycles. The summed E-state index contributed by atoms with van der Waals surface area (Å²) in [6.45, 7) is 4.45. The van der Waals surface area contributed by atoms with Gasteiger partial charge in [-0.3, -0.25) is 4.79 Å². The first kappa shape index (κ1) is 13.4. The first-order valence-electron chi connectivity index (χ1n) is 6.14. The quantitative estimate of drug-likeness (QED) is 0.875. The van der Waals surface area contributed by atoms with Crippen LogP contribution in [0.5, 0.6) is 0 Å². The first-order valence-corrected chi connectivity index (χ1v) is 7.12. The predicted octanol–water partition coefficient (Wildman–Crippen LogP) is 2.01. The summed E-state index contributed by atoms with van der Waals surface area (Å²) >= 11 is 1.73. The van der Waals surface area contributed by atoms with Gasteiger partial charge >= 0.3 is 0 Å². The summed E-state index contributed by atoms with van der Waals surface area (Å²) in [5.41, 5.74) is 0.864. The minimum atomic E-state index is -0.263. The summed E-state index contributed by atoms with van der Waals surface area (Å²) in [5, 5.41) is 12.1. The van der Waals surface area contributed by atoms with Crippen LogP contribution in [0.2, 0.25) is 0 Å². The van der Waals surface area contributed by atoms with E-state index in [0.29, 0.717) is 6.54 Å². The van der Waals surface area contributed by atoms with Crippen LogP contribution in [0.4, 0.5) is 0 Å². The molecule has 0 radical (unpaired) electrons. The van der Waals surface area contributed by atoms with Crippen molar-refractivity contribution < 1.29 is 9.90 Å². The molecule has 1 aliphatic rings. The number of thioether (sulfide) groups is 1. The Balaban J connectivity index is 2.00. The fourth-order valence-corrected chi connectivity index (χ4v) is 3.11. The minimum absolute atomic E-state index is 0.0549. The maximum Gasteiger partial charge on any atom is 0.228 e. The molecule has 98 valence electrons. The normalized spacial score (nSPS) is 18.5. The Bertz CT molecular complexity index is 445. The lowest BCUT2D eigenvalue weighted by Gasteiger charge is -2.23. The second kappa shape index (κ2) is 5.33. The molecule has 1 amide bonds. The molecule has 2 N–H and O–H groups in total. The number of fused-ring (bicyclic) bond motifs is 1. The van der Waals surface area contributed by atoms with Crippen molar-refractivity contribution in [1.29, 1.82) is 0 Å². The van der Waals surface area contributed by atoms with Crippen LogP contribution in [0.1, 0.15) is 25.3 Å². The van der Waals surface area contributed by atoms with Crippen LogP contribution in [0, 0.1) is 5.41 Å². The molecule has 1 unspecified atom stereocenters. The Kier molecular flexibility index (Phi) is 3.97. The van der Waals surface area contributed by atoms with Gasteiger partial charge < -0.3 is 10.4 Å². The lowest BCUT2D eigenvalue weighted by Crippen LogP contribution is -2.38. The molecule has 3 nitrogen and oxygen atoms in total. The average molecular weight is 265 g/mol. The van der Waals surface area contributed by atoms with E-state index in [2.05, 4.69) is 11.4 Å². The number of carbonyl (C=O) groups excluding carboxylic acids is 1. The van der Waals surface area contributed by atoms with E-state index in [1.165, 1.54) is 4.90 Å². The highest BCUT2D eigenvalue weighted by Crippen LogP contribution is 2.39. The van der Waals surface area contributed by atoms with Crippen molar-refractivity contribution in [2.24, 2.45) is 5.41 Å². The van der Waals surface area contributed by atoms with Crippen LogP contribution in [0.3, 0.4) is 0 Å². The molecule has 0 fully saturated rings. The Morgan fingerprint density at radius 1 is 1.50 bits per heavy atom. The van der Waals surface area contributed by atoms with Crippen molar-refractivity contribution in [3.05, 3.63) is 29.8 Å². The van der Waals surface area contributed by atoms with Crippen molar-refractivity contribution in [3.63, 3.8) is 0 Å². The monoisotopic (exact) mass is 265 g/mol. The molecule has 1 aromatic carbocycles. The van der Waals surface area contributed by atoms with E-state index in [-0.39, 0.29) is 23.8 Å². The molecule has 0 saturated heterocycles. The van der Waals surface area contributed by atoms with Gasteiger partial charge in [-0.15, -0.1) is 11.8 Å². The highest BCUT2D eigenvalue weighted by Gasteiger charge is 2.29. The Morgan fingerprint density at radius 3 is 2.94 bits per heavy atom. The summed E-state index contributed by atoms with van der Waals surface area (Å²) in [4.78, 5) is 13.4. The summed E-state index contributed by atoms with van der Waals surface area (Å²) in [6.07, 6.45) is 0. The number of hydrogen-bond donors (Lipinski definition) is 2. The van der Waals surface area contributed by atoms with Crippen LogP contribution in [-0.4, -0.2) is 29.9 Å². The Morgan fingerprint density at radius 2 is 2.22 bits per heavy atom. The third kappa shape index (κ3) is 2.87. The SMILES string of the molecule is CC(C)(CO)CNC(=O)C1CSc2ccccc21. The van der Waals surface area contributed by atoms with Crippen molar-refractivity contribution in [1.82, 2.24) is 5.32 Å². The van der Waals surface area contributed by atoms with Crippen LogP contribution in [0.15, 0.2) is 29.2 Å². The van der Waals surface area contributed by atoms with E-state index in [1.54, 1.807) is 11.8 Å². The molecular formula is C14H19NO2S. The zero-order valence-corrected chi connectivity index (χ0v) is 11.6. The van der Waals surface area contributed by atoms with Gasteiger partial charge in [-0.05, 0) is 11.6 Å². The Labute approximate surface area is 112 Å². The summed E-state index contributed by atoms with van der Waals surface area (Å²) in [7, 11) is 0. The van der Waals surface area contributed by atoms with Gasteiger partial charge in [0, 0.05) is 29.2 Å². The van der Waals surface area contributed by atoms with Crippen molar-refractivity contribution in [2.45, 2.75) is 24.7 Å². The van der Waals surface area contributed by atoms with E-state index in [9.17, 15) is 9.90 Å². The number of hydrogen-bond acceptors (Lipinski definition) is 3. The molecule has 1 aliphatic heterocycles. The topological polar surface area (TPSA) is 49.3 Å². The van der Waals surface area contributed by atoms with Crippen LogP contribution < -0.4 is 5.32 Å². The lowest BCUT2D eigenvalue weighted by atomic mass is 9.94. The van der Waals surface area contributed by atoms with Gasteiger partial charge in [-0.2, -0.15) is 0 Å². The maximum absolute atomic E-state index is 12.2. The molecule has 18 heavy (non-hydrogen) atoms. The van der Waals surface area contributed by atoms with Gasteiger partial charge in [0.15, 0.2) is 0 Å². The zero-order chi connectivity index (χ0) is 13.2. The van der Waals surface area contributed by atoms with E-state index in [1.807, 2.05) is 32.0 Å². The second-order valence-electron chi connectivity index (χ2n) is 5.44. The molecular weight excluding hydrogens is 246 g/mol. The van der Waals surface area contributed by atoms with Gasteiger partial charge in [0.1, 0.15) is 0 Å². The third-order valence-corrected chi connectivity index (χ3v) is 4.37. The van der Waals surface area contributed by atoms with E-state index in [0.717, 1.165) is 11.3 Å². The number of rotatable bonds is 4. The fraction of sp³-hybridized carbons (Fsp3) is 0.500. The lowest BCUT2D eigenvalue weighted by molar-refractivity contribution is -0.122. The molecule has 1 aromatic rings. The average Bonchev–Trinajstić information content (AvgIpc) is 2.80. The number of nitrogens with one attached hydrogen (secondary N) is 1. The standard InChI is InChI=1S/C14H19NO2S/c1-14(2,9-16)8-15-13(17)11-7-18-12-6-4-3-5-10(11)12/h3-6,11,16H,7-9H2,1-2H3,(H,15,17). The van der Waals surface area contributed by atoms with Crippen molar-refractivity contribution in [2.75, 3.05) is 18.9 Å². The molecule has 0 aromatic heterocycles.